The molecule has 0 saturated heterocycles. The number of hydrogen-bond donors (Lipinski definition) is 2. The van der Waals surface area contributed by atoms with E-state index in [0.717, 1.165) is 22.6 Å². The number of carbonyl (C=O) groups is 1. The van der Waals surface area contributed by atoms with Gasteiger partial charge < -0.3 is 19.7 Å². The molecule has 0 spiro atoms. The van der Waals surface area contributed by atoms with Gasteiger partial charge in [0.2, 0.25) is 0 Å². The first kappa shape index (κ1) is 20.6. The van der Waals surface area contributed by atoms with Gasteiger partial charge in [-0.3, -0.25) is 4.79 Å². The van der Waals surface area contributed by atoms with Gasteiger partial charge >= 0.3 is 0 Å². The van der Waals surface area contributed by atoms with Gasteiger partial charge in [-0.1, -0.05) is 12.1 Å². The number of anilines is 1. The van der Waals surface area contributed by atoms with E-state index in [0.29, 0.717) is 24.5 Å². The lowest BCUT2D eigenvalue weighted by Crippen LogP contribution is -3.14. The van der Waals surface area contributed by atoms with Crippen molar-refractivity contribution in [2.24, 2.45) is 0 Å². The Morgan fingerprint density at radius 1 is 1.11 bits per heavy atom. The second kappa shape index (κ2) is 9.32. The third-order valence-corrected chi connectivity index (χ3v) is 4.60. The van der Waals surface area contributed by atoms with Crippen LogP contribution in [0.5, 0.6) is 11.5 Å². The fourth-order valence-electron chi connectivity index (χ4n) is 2.67. The monoisotopic (exact) mass is 379 g/mol. The van der Waals surface area contributed by atoms with E-state index >= 15 is 0 Å². The molecule has 2 atom stereocenters. The van der Waals surface area contributed by atoms with Crippen molar-refractivity contribution in [2.45, 2.75) is 19.4 Å². The van der Waals surface area contributed by atoms with E-state index in [1.54, 1.807) is 21.1 Å². The van der Waals surface area contributed by atoms with Crippen LogP contribution in [0, 0.1) is 11.6 Å². The predicted molar refractivity (Wildman–Crippen MR) is 99.5 cm³/mol. The van der Waals surface area contributed by atoms with E-state index in [4.69, 9.17) is 9.47 Å². The van der Waals surface area contributed by atoms with Crippen molar-refractivity contribution in [2.75, 3.05) is 33.1 Å². The molecule has 0 aliphatic heterocycles. The van der Waals surface area contributed by atoms with Crippen LogP contribution in [0.4, 0.5) is 14.5 Å². The molecule has 2 aromatic carbocycles. The lowest BCUT2D eigenvalue weighted by atomic mass is 10.1. The molecule has 0 aromatic heterocycles. The van der Waals surface area contributed by atoms with Crippen molar-refractivity contribution in [3.63, 3.8) is 0 Å². The van der Waals surface area contributed by atoms with E-state index in [1.165, 1.54) is 6.07 Å². The summed E-state index contributed by atoms with van der Waals surface area (Å²) in [7, 11) is 5.02. The highest BCUT2D eigenvalue weighted by molar-refractivity contribution is 5.93. The van der Waals surface area contributed by atoms with Crippen LogP contribution < -0.4 is 19.7 Å². The fraction of sp³-hybridized carbons (Fsp3) is 0.350. The van der Waals surface area contributed by atoms with Gasteiger partial charge in [-0.25, -0.2) is 8.78 Å². The van der Waals surface area contributed by atoms with Crippen molar-refractivity contribution in [3.8, 4) is 11.5 Å². The Hall–Kier alpha value is -2.67. The predicted octanol–water partition coefficient (Wildman–Crippen LogP) is 2.07. The first-order valence-electron chi connectivity index (χ1n) is 8.65. The lowest BCUT2D eigenvalue weighted by Gasteiger charge is -2.21. The molecule has 2 rings (SSSR count). The molecule has 0 bridgehead atoms. The summed E-state index contributed by atoms with van der Waals surface area (Å²) in [6.45, 7) is 2.38. The van der Waals surface area contributed by atoms with E-state index in [2.05, 4.69) is 5.32 Å². The highest BCUT2D eigenvalue weighted by atomic mass is 19.1. The quantitative estimate of drug-likeness (QED) is 0.738. The summed E-state index contributed by atoms with van der Waals surface area (Å²) in [4.78, 5) is 13.3. The number of halogens is 2. The van der Waals surface area contributed by atoms with Crippen LogP contribution in [0.25, 0.3) is 0 Å². The number of likely N-dealkylation sites (N-methyl/N-ethyl adjacent to an activating group) is 1. The smallest absolute Gasteiger partial charge is 0.282 e. The molecule has 146 valence electrons. The molecular formula is C20H25F2N2O3+. The second-order valence-corrected chi connectivity index (χ2v) is 6.34. The Kier molecular flexibility index (Phi) is 7.12. The summed E-state index contributed by atoms with van der Waals surface area (Å²) in [6.07, 6.45) is 0.706. The number of hydrogen-bond acceptors (Lipinski definition) is 3. The summed E-state index contributed by atoms with van der Waals surface area (Å²) in [5.74, 6) is -0.726. The minimum Gasteiger partial charge on any atom is -0.493 e. The van der Waals surface area contributed by atoms with Crippen LogP contribution in [0.2, 0.25) is 0 Å². The van der Waals surface area contributed by atoms with Gasteiger partial charge in [-0.2, -0.15) is 0 Å². The molecule has 0 aliphatic rings. The Bertz CT molecular complexity index is 779. The minimum atomic E-state index is -0.793. The Morgan fingerprint density at radius 2 is 1.74 bits per heavy atom. The van der Waals surface area contributed by atoms with Gasteiger partial charge in [0.25, 0.3) is 5.91 Å². The van der Waals surface area contributed by atoms with Crippen LogP contribution >= 0.6 is 0 Å². The zero-order valence-corrected chi connectivity index (χ0v) is 15.9. The SMILES string of the molecule is COc1ccc(CC[NH+](C)[C@H](C)C(=O)Nc2c(F)cccc2F)cc1OC. The number of quaternary nitrogens is 1. The highest BCUT2D eigenvalue weighted by Gasteiger charge is 2.24. The third-order valence-electron chi connectivity index (χ3n) is 4.60. The standard InChI is InChI=1S/C20H24F2N2O3/c1-13(20(25)23-19-15(21)6-5-7-16(19)22)24(2)11-10-14-8-9-17(26-3)18(12-14)27-4/h5-9,12-13H,10-11H2,1-4H3,(H,23,25)/p+1/t13-/m1/s1. The van der Waals surface area contributed by atoms with Gasteiger partial charge in [0.05, 0.1) is 27.8 Å². The summed E-state index contributed by atoms with van der Waals surface area (Å²) in [5, 5.41) is 2.34. The molecule has 2 N–H and O–H groups in total. The number of para-hydroxylation sites is 1. The Balaban J connectivity index is 1.97. The van der Waals surface area contributed by atoms with Crippen molar-refractivity contribution >= 4 is 11.6 Å². The van der Waals surface area contributed by atoms with Crippen molar-refractivity contribution in [1.29, 1.82) is 0 Å². The van der Waals surface area contributed by atoms with Crippen molar-refractivity contribution < 1.29 is 27.9 Å². The maximum atomic E-state index is 13.7. The third kappa shape index (κ3) is 5.17. The zero-order valence-electron chi connectivity index (χ0n) is 15.9. The lowest BCUT2D eigenvalue weighted by molar-refractivity contribution is -0.893. The van der Waals surface area contributed by atoms with Gasteiger partial charge in [0.1, 0.15) is 17.3 Å². The molecule has 5 nitrogen and oxygen atoms in total. The van der Waals surface area contributed by atoms with Gasteiger partial charge in [0.15, 0.2) is 17.5 Å². The molecule has 1 amide bonds. The molecular weight excluding hydrogens is 354 g/mol. The fourth-order valence-corrected chi connectivity index (χ4v) is 2.67. The summed E-state index contributed by atoms with van der Waals surface area (Å²) >= 11 is 0. The molecule has 0 fully saturated rings. The summed E-state index contributed by atoms with van der Waals surface area (Å²) < 4.78 is 37.9. The summed E-state index contributed by atoms with van der Waals surface area (Å²) in [5.41, 5.74) is 0.627. The minimum absolute atomic E-state index is 0.415. The van der Waals surface area contributed by atoms with Crippen LogP contribution in [0.3, 0.4) is 0 Å². The van der Waals surface area contributed by atoms with E-state index in [-0.39, 0.29) is 0 Å². The number of ether oxygens (including phenoxy) is 2. The molecule has 2 aromatic rings. The Labute approximate surface area is 157 Å². The largest absolute Gasteiger partial charge is 0.493 e. The number of benzene rings is 2. The van der Waals surface area contributed by atoms with Crippen LogP contribution in [0.1, 0.15) is 12.5 Å². The first-order valence-corrected chi connectivity index (χ1v) is 8.65. The number of amides is 1. The number of rotatable bonds is 8. The molecule has 0 saturated carbocycles. The van der Waals surface area contributed by atoms with Crippen LogP contribution in [0.15, 0.2) is 36.4 Å². The number of methoxy groups -OCH3 is 2. The Morgan fingerprint density at radius 3 is 2.33 bits per heavy atom. The van der Waals surface area contributed by atoms with E-state index < -0.39 is 29.3 Å². The van der Waals surface area contributed by atoms with Crippen LogP contribution in [-0.2, 0) is 11.2 Å². The molecule has 0 heterocycles. The zero-order chi connectivity index (χ0) is 20.0. The molecule has 7 heteroatoms. The molecule has 0 radical (unpaired) electrons. The number of nitrogens with one attached hydrogen (secondary N) is 2. The second-order valence-electron chi connectivity index (χ2n) is 6.34. The van der Waals surface area contributed by atoms with Crippen molar-refractivity contribution in [3.05, 3.63) is 53.6 Å². The normalized spacial score (nSPS) is 13.0. The first-order chi connectivity index (χ1) is 12.9. The van der Waals surface area contributed by atoms with Crippen molar-refractivity contribution in [1.82, 2.24) is 0 Å². The van der Waals surface area contributed by atoms with Gasteiger partial charge in [0, 0.05) is 6.42 Å². The molecule has 1 unspecified atom stereocenters. The molecule has 0 aliphatic carbocycles. The summed E-state index contributed by atoms with van der Waals surface area (Å²) in [6, 6.07) is 8.66. The maximum absolute atomic E-state index is 13.7. The maximum Gasteiger partial charge on any atom is 0.282 e. The van der Waals surface area contributed by atoms with Gasteiger partial charge in [-0.05, 0) is 36.8 Å². The molecule has 27 heavy (non-hydrogen) atoms. The van der Waals surface area contributed by atoms with E-state index in [1.807, 2.05) is 25.2 Å². The number of carbonyl (C=O) groups excluding carboxylic acids is 1. The van der Waals surface area contributed by atoms with Crippen LogP contribution in [-0.4, -0.2) is 39.8 Å². The van der Waals surface area contributed by atoms with Gasteiger partial charge in [-0.15, -0.1) is 0 Å². The van der Waals surface area contributed by atoms with E-state index in [9.17, 15) is 13.6 Å². The topological polar surface area (TPSA) is 52.0 Å². The average molecular weight is 379 g/mol. The average Bonchev–Trinajstić information content (AvgIpc) is 2.67. The highest BCUT2D eigenvalue weighted by Crippen LogP contribution is 2.27.